The lowest BCUT2D eigenvalue weighted by Crippen LogP contribution is -2.47. The van der Waals surface area contributed by atoms with Gasteiger partial charge >= 0.3 is 0 Å². The molecule has 0 saturated carbocycles. The van der Waals surface area contributed by atoms with Crippen LogP contribution in [0.15, 0.2) is 54.6 Å². The fourth-order valence-electron chi connectivity index (χ4n) is 4.30. The van der Waals surface area contributed by atoms with Gasteiger partial charge in [-0.15, -0.1) is 0 Å². The number of carbonyl (C=O) groups excluding carboxylic acids is 3. The van der Waals surface area contributed by atoms with Crippen molar-refractivity contribution < 1.29 is 14.4 Å². The maximum atomic E-state index is 13.2. The van der Waals surface area contributed by atoms with Gasteiger partial charge in [-0.1, -0.05) is 54.6 Å². The van der Waals surface area contributed by atoms with Crippen molar-refractivity contribution in [3.63, 3.8) is 0 Å². The molecule has 30 heavy (non-hydrogen) atoms. The van der Waals surface area contributed by atoms with Crippen LogP contribution in [0.1, 0.15) is 42.0 Å². The van der Waals surface area contributed by atoms with Crippen molar-refractivity contribution in [1.29, 1.82) is 0 Å². The number of benzene rings is 2. The summed E-state index contributed by atoms with van der Waals surface area (Å²) in [6, 6.07) is 16.8. The van der Waals surface area contributed by atoms with Crippen molar-refractivity contribution in [1.82, 2.24) is 15.1 Å². The van der Waals surface area contributed by atoms with E-state index in [0.717, 1.165) is 29.7 Å². The molecule has 4 rings (SSSR count). The van der Waals surface area contributed by atoms with E-state index in [1.165, 1.54) is 0 Å². The summed E-state index contributed by atoms with van der Waals surface area (Å²) in [4.78, 5) is 41.4. The van der Waals surface area contributed by atoms with Gasteiger partial charge in [-0.3, -0.25) is 14.4 Å². The number of nitrogens with zero attached hydrogens (tertiary/aromatic N) is 2. The van der Waals surface area contributed by atoms with Crippen LogP contribution in [0.4, 0.5) is 0 Å². The lowest BCUT2D eigenvalue weighted by atomic mass is 9.91. The third-order valence-electron chi connectivity index (χ3n) is 5.84. The van der Waals surface area contributed by atoms with Gasteiger partial charge in [-0.25, -0.2) is 0 Å². The molecule has 6 nitrogen and oxygen atoms in total. The Morgan fingerprint density at radius 3 is 2.53 bits per heavy atom. The van der Waals surface area contributed by atoms with Crippen molar-refractivity contribution in [2.24, 2.45) is 0 Å². The third-order valence-corrected chi connectivity index (χ3v) is 5.84. The quantitative estimate of drug-likeness (QED) is 0.720. The Kier molecular flexibility index (Phi) is 6.12. The molecule has 1 N–H and O–H groups in total. The fourth-order valence-corrected chi connectivity index (χ4v) is 4.30. The van der Waals surface area contributed by atoms with E-state index in [4.69, 9.17) is 0 Å². The van der Waals surface area contributed by atoms with E-state index in [9.17, 15) is 14.4 Å². The highest BCUT2D eigenvalue weighted by atomic mass is 16.2. The van der Waals surface area contributed by atoms with Crippen LogP contribution in [0.5, 0.6) is 0 Å². The summed E-state index contributed by atoms with van der Waals surface area (Å²) in [5.41, 5.74) is 2.80. The molecule has 3 amide bonds. The molecule has 1 saturated heterocycles. The monoisotopic (exact) mass is 405 g/mol. The molecule has 1 atom stereocenters. The number of hydrogen-bond donors (Lipinski definition) is 1. The number of rotatable bonds is 7. The van der Waals surface area contributed by atoms with Gasteiger partial charge in [0.2, 0.25) is 17.7 Å². The first-order valence-corrected chi connectivity index (χ1v) is 10.6. The molecule has 6 heteroatoms. The average molecular weight is 405 g/mol. The molecule has 0 radical (unpaired) electrons. The number of carbonyl (C=O) groups is 3. The predicted molar refractivity (Wildman–Crippen MR) is 113 cm³/mol. The minimum atomic E-state index is -0.643. The highest BCUT2D eigenvalue weighted by Gasteiger charge is 2.36. The first-order valence-electron chi connectivity index (χ1n) is 10.6. The number of fused-ring (bicyclic) bond motifs is 1. The average Bonchev–Trinajstić information content (AvgIpc) is 3.17. The minimum Gasteiger partial charge on any atom is -0.354 e. The van der Waals surface area contributed by atoms with E-state index in [-0.39, 0.29) is 17.7 Å². The molecule has 0 bridgehead atoms. The van der Waals surface area contributed by atoms with Crippen LogP contribution in [-0.2, 0) is 27.3 Å². The summed E-state index contributed by atoms with van der Waals surface area (Å²) < 4.78 is 0. The summed E-state index contributed by atoms with van der Waals surface area (Å²) in [5.74, 6) is -0.0123. The maximum absolute atomic E-state index is 13.2. The molecule has 2 aliphatic rings. The van der Waals surface area contributed by atoms with Gasteiger partial charge in [-0.2, -0.15) is 0 Å². The van der Waals surface area contributed by atoms with Crippen LogP contribution in [0.2, 0.25) is 0 Å². The lowest BCUT2D eigenvalue weighted by Gasteiger charge is -2.36. The first-order chi connectivity index (χ1) is 14.6. The summed E-state index contributed by atoms with van der Waals surface area (Å²) in [5, 5.41) is 3.00. The third kappa shape index (κ3) is 4.37. The zero-order chi connectivity index (χ0) is 20.9. The molecule has 0 aromatic heterocycles. The molecule has 2 aromatic rings. The second-order valence-electron chi connectivity index (χ2n) is 7.91. The molecule has 0 aliphatic carbocycles. The molecule has 156 valence electrons. The second-order valence-corrected chi connectivity index (χ2v) is 7.91. The Morgan fingerprint density at radius 2 is 1.77 bits per heavy atom. The fraction of sp³-hybridized carbons (Fsp3) is 0.375. The maximum Gasteiger partial charge on any atom is 0.247 e. The molecule has 2 aromatic carbocycles. The highest BCUT2D eigenvalue weighted by molar-refractivity contribution is 5.92. The van der Waals surface area contributed by atoms with Gasteiger partial charge in [0.15, 0.2) is 0 Å². The SMILES string of the molecule is O=C(NCCCN1CCCC1=O)[C@@H]1c2ccccc2CC(=O)N1Cc1ccccc1. The zero-order valence-electron chi connectivity index (χ0n) is 17.0. The summed E-state index contributed by atoms with van der Waals surface area (Å²) in [7, 11) is 0. The molecule has 2 aliphatic heterocycles. The van der Waals surface area contributed by atoms with E-state index in [1.807, 2.05) is 59.5 Å². The van der Waals surface area contributed by atoms with Crippen LogP contribution in [0, 0.1) is 0 Å². The van der Waals surface area contributed by atoms with E-state index in [1.54, 1.807) is 4.90 Å². The number of hydrogen-bond acceptors (Lipinski definition) is 3. The minimum absolute atomic E-state index is 0.0413. The summed E-state index contributed by atoms with van der Waals surface area (Å²) >= 11 is 0. The Balaban J connectivity index is 1.46. The lowest BCUT2D eigenvalue weighted by molar-refractivity contribution is -0.142. The Bertz CT molecular complexity index is 928. The van der Waals surface area contributed by atoms with E-state index >= 15 is 0 Å². The van der Waals surface area contributed by atoms with Crippen LogP contribution >= 0.6 is 0 Å². The zero-order valence-corrected chi connectivity index (χ0v) is 17.0. The first kappa shape index (κ1) is 20.1. The van der Waals surface area contributed by atoms with Crippen LogP contribution in [0.3, 0.4) is 0 Å². The topological polar surface area (TPSA) is 69.7 Å². The summed E-state index contributed by atoms with van der Waals surface area (Å²) in [6.45, 7) is 2.35. The number of likely N-dealkylation sites (tertiary alicyclic amines) is 1. The van der Waals surface area contributed by atoms with Crippen molar-refractivity contribution >= 4 is 17.7 Å². The van der Waals surface area contributed by atoms with Crippen molar-refractivity contribution in [3.05, 3.63) is 71.3 Å². The molecule has 2 heterocycles. The van der Waals surface area contributed by atoms with E-state index in [2.05, 4.69) is 5.32 Å². The second kappa shape index (κ2) is 9.11. The van der Waals surface area contributed by atoms with Gasteiger partial charge < -0.3 is 15.1 Å². The molecule has 1 fully saturated rings. The number of nitrogens with one attached hydrogen (secondary N) is 1. The van der Waals surface area contributed by atoms with Crippen molar-refractivity contribution in [3.8, 4) is 0 Å². The van der Waals surface area contributed by atoms with Gasteiger partial charge in [0.05, 0.1) is 6.42 Å². The molecular formula is C24H27N3O3. The molecular weight excluding hydrogens is 378 g/mol. The van der Waals surface area contributed by atoms with E-state index in [0.29, 0.717) is 38.9 Å². The van der Waals surface area contributed by atoms with Crippen LogP contribution in [-0.4, -0.2) is 47.2 Å². The van der Waals surface area contributed by atoms with Crippen molar-refractivity contribution in [2.75, 3.05) is 19.6 Å². The van der Waals surface area contributed by atoms with Crippen LogP contribution < -0.4 is 5.32 Å². The van der Waals surface area contributed by atoms with E-state index < -0.39 is 6.04 Å². The van der Waals surface area contributed by atoms with Gasteiger partial charge in [0.1, 0.15) is 6.04 Å². The summed E-state index contributed by atoms with van der Waals surface area (Å²) in [6.07, 6.45) is 2.56. The Labute approximate surface area is 176 Å². The van der Waals surface area contributed by atoms with Gasteiger partial charge in [0, 0.05) is 32.6 Å². The normalized spacial score (nSPS) is 18.5. The molecule has 0 spiro atoms. The predicted octanol–water partition coefficient (Wildman–Crippen LogP) is 2.44. The number of amides is 3. The highest BCUT2D eigenvalue weighted by Crippen LogP contribution is 2.32. The Morgan fingerprint density at radius 1 is 1.00 bits per heavy atom. The van der Waals surface area contributed by atoms with Gasteiger partial charge in [-0.05, 0) is 29.5 Å². The standard InChI is InChI=1S/C24H27N3O3/c28-21-12-6-14-26(21)15-7-13-25-24(30)23-20-11-5-4-10-19(20)16-22(29)27(23)17-18-8-2-1-3-9-18/h1-5,8-11,23H,6-7,12-17H2,(H,25,30)/t23-/m0/s1. The molecule has 0 unspecified atom stereocenters. The van der Waals surface area contributed by atoms with Gasteiger partial charge in [0.25, 0.3) is 0 Å². The van der Waals surface area contributed by atoms with Crippen LogP contribution in [0.25, 0.3) is 0 Å². The van der Waals surface area contributed by atoms with Crippen molar-refractivity contribution in [2.45, 2.75) is 38.3 Å². The largest absolute Gasteiger partial charge is 0.354 e. The Hall–Kier alpha value is -3.15. The smallest absolute Gasteiger partial charge is 0.247 e.